The average molecular weight is 257 g/mol. The monoisotopic (exact) mass is 257 g/mol. The Labute approximate surface area is 103 Å². The summed E-state index contributed by atoms with van der Waals surface area (Å²) >= 11 is 0. The summed E-state index contributed by atoms with van der Waals surface area (Å²) in [6.07, 6.45) is 1.33. The second-order valence-corrected chi connectivity index (χ2v) is 5.96. The van der Waals surface area contributed by atoms with Gasteiger partial charge < -0.3 is 10.1 Å². The summed E-state index contributed by atoms with van der Waals surface area (Å²) in [6, 6.07) is 6.72. The lowest BCUT2D eigenvalue weighted by Gasteiger charge is -2.13. The minimum Gasteiger partial charge on any atom is -0.382 e. The molecule has 1 N–H and O–H groups in total. The molecule has 1 rings (SSSR count). The smallest absolute Gasteiger partial charge is 0.175 e. The van der Waals surface area contributed by atoms with E-state index in [1.807, 2.05) is 13.8 Å². The topological polar surface area (TPSA) is 55.4 Å². The summed E-state index contributed by atoms with van der Waals surface area (Å²) in [7, 11) is -3.11. The Hall–Kier alpha value is -1.07. The second-order valence-electron chi connectivity index (χ2n) is 3.94. The number of nitrogens with one attached hydrogen (secondary N) is 1. The number of anilines is 1. The van der Waals surface area contributed by atoms with Crippen LogP contribution in [0, 0.1) is 0 Å². The molecule has 0 bridgehead atoms. The Morgan fingerprint density at radius 3 is 2.35 bits per heavy atom. The number of sulfone groups is 1. The van der Waals surface area contributed by atoms with Crippen LogP contribution >= 0.6 is 0 Å². The van der Waals surface area contributed by atoms with Crippen LogP contribution in [-0.2, 0) is 14.6 Å². The minimum atomic E-state index is -3.11. The van der Waals surface area contributed by atoms with Crippen LogP contribution in [0.3, 0.4) is 0 Å². The molecule has 0 aliphatic carbocycles. The minimum absolute atomic E-state index is 0.134. The Kier molecular flexibility index (Phi) is 4.96. The van der Waals surface area contributed by atoms with Crippen LogP contribution in [0.1, 0.15) is 13.8 Å². The van der Waals surface area contributed by atoms with Gasteiger partial charge in [-0.25, -0.2) is 8.42 Å². The number of rotatable bonds is 6. The number of hydrogen-bond donors (Lipinski definition) is 1. The van der Waals surface area contributed by atoms with Crippen LogP contribution in [0.4, 0.5) is 5.69 Å². The molecule has 0 spiro atoms. The van der Waals surface area contributed by atoms with Crippen molar-refractivity contribution in [3.8, 4) is 0 Å². The predicted octanol–water partition coefficient (Wildman–Crippen LogP) is 1.93. The van der Waals surface area contributed by atoms with Gasteiger partial charge >= 0.3 is 0 Å². The Bertz CT molecular complexity index is 439. The van der Waals surface area contributed by atoms with Crippen molar-refractivity contribution >= 4 is 15.5 Å². The third-order valence-corrected chi connectivity index (χ3v) is 3.46. The number of benzene rings is 1. The maximum absolute atomic E-state index is 11.3. The SMILES string of the molecule is CCOC(C)CNc1ccc(S(C)(=O)=O)cc1. The van der Waals surface area contributed by atoms with Gasteiger partial charge in [-0.3, -0.25) is 0 Å². The van der Waals surface area contributed by atoms with Gasteiger partial charge in [0, 0.05) is 25.1 Å². The molecule has 1 aromatic carbocycles. The Balaban J connectivity index is 2.57. The highest BCUT2D eigenvalue weighted by molar-refractivity contribution is 7.90. The Morgan fingerprint density at radius 2 is 1.88 bits per heavy atom. The zero-order valence-electron chi connectivity index (χ0n) is 10.4. The molecule has 1 unspecified atom stereocenters. The van der Waals surface area contributed by atoms with Crippen molar-refractivity contribution in [2.24, 2.45) is 0 Å². The molecule has 0 saturated heterocycles. The quantitative estimate of drug-likeness (QED) is 0.846. The van der Waals surface area contributed by atoms with Crippen LogP contribution in [0.5, 0.6) is 0 Å². The molecule has 0 aliphatic heterocycles. The van der Waals surface area contributed by atoms with Crippen molar-refractivity contribution in [3.63, 3.8) is 0 Å². The number of ether oxygens (including phenoxy) is 1. The first-order valence-corrected chi connectivity index (χ1v) is 7.48. The number of hydrogen-bond acceptors (Lipinski definition) is 4. The lowest BCUT2D eigenvalue weighted by Crippen LogP contribution is -2.19. The summed E-state index contributed by atoms with van der Waals surface area (Å²) in [6.45, 7) is 5.33. The maximum atomic E-state index is 11.3. The van der Waals surface area contributed by atoms with E-state index in [1.54, 1.807) is 24.3 Å². The van der Waals surface area contributed by atoms with Gasteiger partial charge in [0.25, 0.3) is 0 Å². The van der Waals surface area contributed by atoms with Gasteiger partial charge in [0.2, 0.25) is 0 Å². The van der Waals surface area contributed by atoms with Crippen LogP contribution in [0.25, 0.3) is 0 Å². The molecular weight excluding hydrogens is 238 g/mol. The van der Waals surface area contributed by atoms with Crippen molar-refractivity contribution in [1.82, 2.24) is 0 Å². The highest BCUT2D eigenvalue weighted by Crippen LogP contribution is 2.13. The fourth-order valence-corrected chi connectivity index (χ4v) is 2.06. The van der Waals surface area contributed by atoms with E-state index in [0.29, 0.717) is 18.0 Å². The third-order valence-electron chi connectivity index (χ3n) is 2.33. The lowest BCUT2D eigenvalue weighted by molar-refractivity contribution is 0.0855. The molecule has 96 valence electrons. The zero-order valence-corrected chi connectivity index (χ0v) is 11.3. The van der Waals surface area contributed by atoms with Crippen molar-refractivity contribution in [2.45, 2.75) is 24.8 Å². The van der Waals surface area contributed by atoms with Gasteiger partial charge in [-0.15, -0.1) is 0 Å². The summed E-state index contributed by atoms with van der Waals surface area (Å²) < 4.78 is 27.9. The molecule has 0 fully saturated rings. The van der Waals surface area contributed by atoms with Gasteiger partial charge in [-0.05, 0) is 38.1 Å². The normalized spacial score (nSPS) is 13.4. The zero-order chi connectivity index (χ0) is 12.9. The van der Waals surface area contributed by atoms with E-state index in [0.717, 1.165) is 5.69 Å². The highest BCUT2D eigenvalue weighted by Gasteiger charge is 2.06. The lowest BCUT2D eigenvalue weighted by atomic mass is 10.3. The van der Waals surface area contributed by atoms with Crippen molar-refractivity contribution < 1.29 is 13.2 Å². The van der Waals surface area contributed by atoms with E-state index in [2.05, 4.69) is 5.32 Å². The molecule has 4 nitrogen and oxygen atoms in total. The molecule has 0 aromatic heterocycles. The van der Waals surface area contributed by atoms with Gasteiger partial charge in [-0.1, -0.05) is 0 Å². The summed E-state index contributed by atoms with van der Waals surface area (Å²) in [5, 5.41) is 3.19. The van der Waals surface area contributed by atoms with Gasteiger partial charge in [0.1, 0.15) is 0 Å². The molecule has 1 aromatic rings. The average Bonchev–Trinajstić information content (AvgIpc) is 2.26. The molecule has 1 atom stereocenters. The van der Waals surface area contributed by atoms with Crippen molar-refractivity contribution in [3.05, 3.63) is 24.3 Å². The van der Waals surface area contributed by atoms with Crippen LogP contribution < -0.4 is 5.32 Å². The van der Waals surface area contributed by atoms with Crippen LogP contribution in [-0.4, -0.2) is 33.9 Å². The fraction of sp³-hybridized carbons (Fsp3) is 0.500. The Morgan fingerprint density at radius 1 is 1.29 bits per heavy atom. The second kappa shape index (κ2) is 6.02. The van der Waals surface area contributed by atoms with Gasteiger partial charge in [0.05, 0.1) is 11.0 Å². The fourth-order valence-electron chi connectivity index (χ4n) is 1.43. The van der Waals surface area contributed by atoms with E-state index in [1.165, 1.54) is 6.26 Å². The van der Waals surface area contributed by atoms with Crippen molar-refractivity contribution in [2.75, 3.05) is 24.7 Å². The molecular formula is C12H19NO3S. The molecule has 0 heterocycles. The maximum Gasteiger partial charge on any atom is 0.175 e. The molecule has 5 heteroatoms. The molecule has 17 heavy (non-hydrogen) atoms. The highest BCUT2D eigenvalue weighted by atomic mass is 32.2. The molecule has 0 radical (unpaired) electrons. The van der Waals surface area contributed by atoms with E-state index in [9.17, 15) is 8.42 Å². The van der Waals surface area contributed by atoms with E-state index >= 15 is 0 Å². The first-order chi connectivity index (χ1) is 7.93. The summed E-state index contributed by atoms with van der Waals surface area (Å²) in [5.74, 6) is 0. The van der Waals surface area contributed by atoms with Crippen LogP contribution in [0.2, 0.25) is 0 Å². The van der Waals surface area contributed by atoms with Crippen molar-refractivity contribution in [1.29, 1.82) is 0 Å². The van der Waals surface area contributed by atoms with E-state index in [-0.39, 0.29) is 6.10 Å². The first-order valence-electron chi connectivity index (χ1n) is 5.59. The predicted molar refractivity (Wildman–Crippen MR) is 69.1 cm³/mol. The standard InChI is InChI=1S/C12H19NO3S/c1-4-16-10(2)9-13-11-5-7-12(8-6-11)17(3,14)15/h5-8,10,13H,4,9H2,1-3H3. The van der Waals surface area contributed by atoms with E-state index < -0.39 is 9.84 Å². The summed E-state index contributed by atoms with van der Waals surface area (Å²) in [5.41, 5.74) is 0.893. The van der Waals surface area contributed by atoms with Gasteiger partial charge in [-0.2, -0.15) is 0 Å². The van der Waals surface area contributed by atoms with Gasteiger partial charge in [0.15, 0.2) is 9.84 Å². The largest absolute Gasteiger partial charge is 0.382 e. The first kappa shape index (κ1) is 14.0. The summed E-state index contributed by atoms with van der Waals surface area (Å²) in [4.78, 5) is 0.334. The molecule has 0 saturated carbocycles. The third kappa shape index (κ3) is 4.75. The molecule has 0 aliphatic rings. The molecule has 0 amide bonds. The van der Waals surface area contributed by atoms with E-state index in [4.69, 9.17) is 4.74 Å². The van der Waals surface area contributed by atoms with Crippen LogP contribution in [0.15, 0.2) is 29.2 Å².